The standard InChI is InChI=1S/C12H9BrClFN2O/c13-10-4-9(16)6-17(12(10)18)5-7-1-2-8(14)3-11(7)15/h1-4,6H,5,16H2. The molecule has 2 N–H and O–H groups in total. The summed E-state index contributed by atoms with van der Waals surface area (Å²) in [7, 11) is 0. The van der Waals surface area contributed by atoms with Crippen LogP contribution in [-0.2, 0) is 6.54 Å². The van der Waals surface area contributed by atoms with E-state index in [1.54, 1.807) is 12.1 Å². The van der Waals surface area contributed by atoms with E-state index in [0.717, 1.165) is 0 Å². The predicted molar refractivity (Wildman–Crippen MR) is 73.3 cm³/mol. The first-order chi connectivity index (χ1) is 8.47. The van der Waals surface area contributed by atoms with E-state index in [2.05, 4.69) is 15.9 Å². The second-order valence-electron chi connectivity index (χ2n) is 3.79. The van der Waals surface area contributed by atoms with Gasteiger partial charge in [0.05, 0.1) is 11.0 Å². The molecule has 0 fully saturated rings. The molecular weight excluding hydrogens is 322 g/mol. The van der Waals surface area contributed by atoms with Crippen molar-refractivity contribution < 1.29 is 4.39 Å². The van der Waals surface area contributed by atoms with E-state index in [1.807, 2.05) is 0 Å². The van der Waals surface area contributed by atoms with Crippen LogP contribution >= 0.6 is 27.5 Å². The lowest BCUT2D eigenvalue weighted by Crippen LogP contribution is -2.21. The van der Waals surface area contributed by atoms with Crippen molar-refractivity contribution in [2.45, 2.75) is 6.54 Å². The molecule has 1 heterocycles. The minimum absolute atomic E-state index is 0.103. The van der Waals surface area contributed by atoms with E-state index in [9.17, 15) is 9.18 Å². The van der Waals surface area contributed by atoms with Crippen molar-refractivity contribution >= 4 is 33.2 Å². The molecule has 0 amide bonds. The van der Waals surface area contributed by atoms with Gasteiger partial charge in [-0.3, -0.25) is 4.79 Å². The summed E-state index contributed by atoms with van der Waals surface area (Å²) in [5, 5.41) is 0.317. The molecule has 0 unspecified atom stereocenters. The SMILES string of the molecule is Nc1cc(Br)c(=O)n(Cc2ccc(Cl)cc2F)c1. The number of pyridine rings is 1. The topological polar surface area (TPSA) is 48.0 Å². The van der Waals surface area contributed by atoms with Crippen molar-refractivity contribution in [3.8, 4) is 0 Å². The Hall–Kier alpha value is -1.33. The third-order valence-electron chi connectivity index (χ3n) is 2.42. The van der Waals surface area contributed by atoms with Crippen molar-refractivity contribution in [1.82, 2.24) is 4.57 Å². The number of nitrogens with zero attached hydrogens (tertiary/aromatic N) is 1. The van der Waals surface area contributed by atoms with Crippen molar-refractivity contribution in [3.05, 3.63) is 61.7 Å². The first-order valence-corrected chi connectivity index (χ1v) is 6.24. The molecule has 0 aliphatic heterocycles. The number of aromatic nitrogens is 1. The summed E-state index contributed by atoms with van der Waals surface area (Å²) < 4.78 is 15.3. The molecule has 0 aliphatic rings. The predicted octanol–water partition coefficient (Wildman–Crippen LogP) is 3.03. The van der Waals surface area contributed by atoms with Crippen molar-refractivity contribution in [3.63, 3.8) is 0 Å². The van der Waals surface area contributed by atoms with Gasteiger partial charge < -0.3 is 10.3 Å². The van der Waals surface area contributed by atoms with Gasteiger partial charge in [0.1, 0.15) is 5.82 Å². The normalized spacial score (nSPS) is 10.6. The lowest BCUT2D eigenvalue weighted by Gasteiger charge is -2.08. The fourth-order valence-corrected chi connectivity index (χ4v) is 2.22. The van der Waals surface area contributed by atoms with E-state index in [0.29, 0.717) is 20.7 Å². The molecule has 0 saturated heterocycles. The highest BCUT2D eigenvalue weighted by atomic mass is 79.9. The quantitative estimate of drug-likeness (QED) is 0.919. The van der Waals surface area contributed by atoms with E-state index < -0.39 is 5.82 Å². The maximum Gasteiger partial charge on any atom is 0.265 e. The van der Waals surface area contributed by atoms with Gasteiger partial charge in [-0.05, 0) is 34.1 Å². The smallest absolute Gasteiger partial charge is 0.265 e. The number of anilines is 1. The summed E-state index contributed by atoms with van der Waals surface area (Å²) in [6.07, 6.45) is 1.47. The molecule has 1 aromatic carbocycles. The largest absolute Gasteiger partial charge is 0.398 e. The zero-order valence-electron chi connectivity index (χ0n) is 9.16. The van der Waals surface area contributed by atoms with Crippen molar-refractivity contribution in [1.29, 1.82) is 0 Å². The molecule has 0 bridgehead atoms. The average Bonchev–Trinajstić information content (AvgIpc) is 2.29. The summed E-state index contributed by atoms with van der Waals surface area (Å²) in [5.74, 6) is -0.451. The Balaban J connectivity index is 2.43. The molecule has 0 atom stereocenters. The zero-order chi connectivity index (χ0) is 13.3. The summed E-state index contributed by atoms with van der Waals surface area (Å²) in [5.41, 5.74) is 6.18. The highest BCUT2D eigenvalue weighted by molar-refractivity contribution is 9.10. The maximum atomic E-state index is 13.6. The Labute approximate surface area is 116 Å². The zero-order valence-corrected chi connectivity index (χ0v) is 11.5. The highest BCUT2D eigenvalue weighted by Crippen LogP contribution is 2.16. The van der Waals surface area contributed by atoms with Gasteiger partial charge in [0, 0.05) is 22.5 Å². The summed E-state index contributed by atoms with van der Waals surface area (Å²) >= 11 is 8.78. The molecular formula is C12H9BrClFN2O. The summed E-state index contributed by atoms with van der Waals surface area (Å²) in [6, 6.07) is 5.84. The Bertz CT molecular complexity index is 657. The van der Waals surface area contributed by atoms with Crippen LogP contribution in [0.5, 0.6) is 0 Å². The van der Waals surface area contributed by atoms with E-state index in [4.69, 9.17) is 17.3 Å². The molecule has 18 heavy (non-hydrogen) atoms. The van der Waals surface area contributed by atoms with Gasteiger partial charge in [0.25, 0.3) is 5.56 Å². The second-order valence-corrected chi connectivity index (χ2v) is 5.08. The number of nitrogen functional groups attached to an aromatic ring is 1. The fourth-order valence-electron chi connectivity index (χ4n) is 1.57. The Morgan fingerprint density at radius 2 is 2.11 bits per heavy atom. The van der Waals surface area contributed by atoms with Crippen molar-refractivity contribution in [2.24, 2.45) is 0 Å². The van der Waals surface area contributed by atoms with Crippen molar-refractivity contribution in [2.75, 3.05) is 5.73 Å². The minimum Gasteiger partial charge on any atom is -0.398 e. The van der Waals surface area contributed by atoms with Gasteiger partial charge in [-0.1, -0.05) is 17.7 Å². The maximum absolute atomic E-state index is 13.6. The highest BCUT2D eigenvalue weighted by Gasteiger charge is 2.07. The molecule has 3 nitrogen and oxygen atoms in total. The van der Waals surface area contributed by atoms with Crippen LogP contribution in [0.3, 0.4) is 0 Å². The van der Waals surface area contributed by atoms with Gasteiger partial charge in [0.2, 0.25) is 0 Å². The van der Waals surface area contributed by atoms with Crippen LogP contribution in [0.2, 0.25) is 5.02 Å². The third kappa shape index (κ3) is 2.73. The lowest BCUT2D eigenvalue weighted by molar-refractivity contribution is 0.596. The lowest BCUT2D eigenvalue weighted by atomic mass is 10.2. The van der Waals surface area contributed by atoms with Crippen LogP contribution < -0.4 is 11.3 Å². The molecule has 6 heteroatoms. The molecule has 0 radical (unpaired) electrons. The van der Waals surface area contributed by atoms with Gasteiger partial charge in [-0.2, -0.15) is 0 Å². The molecule has 0 spiro atoms. The molecule has 1 aromatic heterocycles. The minimum atomic E-state index is -0.451. The van der Waals surface area contributed by atoms with Crippen LogP contribution in [0, 0.1) is 5.82 Å². The number of hydrogen-bond acceptors (Lipinski definition) is 2. The number of benzene rings is 1. The Morgan fingerprint density at radius 3 is 2.78 bits per heavy atom. The van der Waals surface area contributed by atoms with Crippen LogP contribution in [0.1, 0.15) is 5.56 Å². The Morgan fingerprint density at radius 1 is 1.39 bits per heavy atom. The van der Waals surface area contributed by atoms with Gasteiger partial charge in [0.15, 0.2) is 0 Å². The number of hydrogen-bond donors (Lipinski definition) is 1. The number of rotatable bonds is 2. The van der Waals surface area contributed by atoms with E-state index in [1.165, 1.54) is 22.9 Å². The second kappa shape index (κ2) is 5.12. The van der Waals surface area contributed by atoms with Crippen LogP contribution in [0.25, 0.3) is 0 Å². The van der Waals surface area contributed by atoms with Gasteiger partial charge in [-0.25, -0.2) is 4.39 Å². The summed E-state index contributed by atoms with van der Waals surface area (Å²) in [6.45, 7) is 0.103. The number of nitrogens with two attached hydrogens (primary N) is 1. The van der Waals surface area contributed by atoms with Crippen LogP contribution in [0.15, 0.2) is 39.7 Å². The van der Waals surface area contributed by atoms with Crippen LogP contribution in [-0.4, -0.2) is 4.57 Å². The first-order valence-electron chi connectivity index (χ1n) is 5.07. The fraction of sp³-hybridized carbons (Fsp3) is 0.0833. The molecule has 2 aromatic rings. The van der Waals surface area contributed by atoms with Gasteiger partial charge in [-0.15, -0.1) is 0 Å². The monoisotopic (exact) mass is 330 g/mol. The van der Waals surface area contributed by atoms with Gasteiger partial charge >= 0.3 is 0 Å². The summed E-state index contributed by atoms with van der Waals surface area (Å²) in [4.78, 5) is 11.8. The molecule has 94 valence electrons. The molecule has 2 rings (SSSR count). The first kappa shape index (κ1) is 13.1. The third-order valence-corrected chi connectivity index (χ3v) is 3.22. The van der Waals surface area contributed by atoms with E-state index >= 15 is 0 Å². The van der Waals surface area contributed by atoms with E-state index in [-0.39, 0.29) is 12.1 Å². The molecule has 0 saturated carbocycles. The average molecular weight is 332 g/mol. The molecule has 0 aliphatic carbocycles. The number of halogens is 3. The van der Waals surface area contributed by atoms with Crippen LogP contribution in [0.4, 0.5) is 10.1 Å². The Kier molecular flexibility index (Phi) is 3.73.